The minimum Gasteiger partial charge on any atom is -0.364 e. The van der Waals surface area contributed by atoms with E-state index in [1.807, 2.05) is 25.1 Å². The largest absolute Gasteiger partial charge is 0.364 e. The van der Waals surface area contributed by atoms with Crippen molar-refractivity contribution in [2.24, 2.45) is 0 Å². The summed E-state index contributed by atoms with van der Waals surface area (Å²) in [5.41, 5.74) is 1.20. The van der Waals surface area contributed by atoms with Gasteiger partial charge in [-0.05, 0) is 26.0 Å². The molecule has 16 heavy (non-hydrogen) atoms. The van der Waals surface area contributed by atoms with Gasteiger partial charge in [0.2, 0.25) is 0 Å². The highest BCUT2D eigenvalue weighted by Crippen LogP contribution is 2.14. The number of benzene rings is 1. The first kappa shape index (κ1) is 10.7. The molecule has 0 atom stereocenters. The Morgan fingerprint density at radius 2 is 2.00 bits per heavy atom. The molecular weight excluding hydrogens is 200 g/mol. The molecule has 0 bridgehead atoms. The summed E-state index contributed by atoms with van der Waals surface area (Å²) in [5, 5.41) is 7.01. The van der Waals surface area contributed by atoms with Crippen LogP contribution in [0.1, 0.15) is 18.6 Å². The summed E-state index contributed by atoms with van der Waals surface area (Å²) in [6.07, 6.45) is 0. The topological polar surface area (TPSA) is 44.8 Å². The molecule has 84 valence electrons. The van der Waals surface area contributed by atoms with Crippen LogP contribution in [-0.4, -0.2) is 21.7 Å². The van der Waals surface area contributed by atoms with Crippen LogP contribution in [0.25, 0.3) is 0 Å². The van der Waals surface area contributed by atoms with Crippen molar-refractivity contribution >= 4 is 5.69 Å². The van der Waals surface area contributed by atoms with Gasteiger partial charge in [0, 0.05) is 12.2 Å². The number of aromatic amines is 1. The molecule has 0 radical (unpaired) electrons. The molecule has 2 rings (SSSR count). The van der Waals surface area contributed by atoms with E-state index in [2.05, 4.69) is 39.1 Å². The minimum absolute atomic E-state index is 0.741. The van der Waals surface area contributed by atoms with Gasteiger partial charge in [0.25, 0.3) is 0 Å². The third kappa shape index (κ3) is 2.39. The van der Waals surface area contributed by atoms with Crippen molar-refractivity contribution in [1.29, 1.82) is 0 Å². The van der Waals surface area contributed by atoms with Gasteiger partial charge in [-0.25, -0.2) is 4.98 Å². The Morgan fingerprint density at radius 3 is 2.56 bits per heavy atom. The predicted octanol–water partition coefficient (Wildman–Crippen LogP) is 2.14. The highest BCUT2D eigenvalue weighted by molar-refractivity contribution is 5.45. The van der Waals surface area contributed by atoms with Crippen LogP contribution in [0.5, 0.6) is 0 Å². The Labute approximate surface area is 95.3 Å². The molecule has 1 heterocycles. The van der Waals surface area contributed by atoms with Crippen molar-refractivity contribution in [2.45, 2.75) is 20.4 Å². The van der Waals surface area contributed by atoms with Crippen LogP contribution in [0.4, 0.5) is 5.69 Å². The van der Waals surface area contributed by atoms with Crippen molar-refractivity contribution < 1.29 is 0 Å². The van der Waals surface area contributed by atoms with Gasteiger partial charge < -0.3 is 4.90 Å². The Hall–Kier alpha value is -1.84. The number of H-pyrrole nitrogens is 1. The zero-order valence-electron chi connectivity index (χ0n) is 9.64. The van der Waals surface area contributed by atoms with Crippen molar-refractivity contribution in [2.75, 3.05) is 11.4 Å². The molecule has 0 aliphatic rings. The second-order valence-corrected chi connectivity index (χ2v) is 3.69. The van der Waals surface area contributed by atoms with Crippen LogP contribution in [0.15, 0.2) is 30.3 Å². The SMILES string of the molecule is CCN(Cc1n[nH]c(C)n1)c1ccccc1. The van der Waals surface area contributed by atoms with Gasteiger partial charge in [-0.1, -0.05) is 18.2 Å². The normalized spacial score (nSPS) is 10.4. The molecule has 0 fully saturated rings. The summed E-state index contributed by atoms with van der Waals surface area (Å²) in [5.74, 6) is 1.70. The Bertz CT molecular complexity index is 435. The first-order valence-corrected chi connectivity index (χ1v) is 5.47. The molecular formula is C12H16N4. The molecule has 0 amide bonds. The number of para-hydroxylation sites is 1. The number of nitrogens with one attached hydrogen (secondary N) is 1. The van der Waals surface area contributed by atoms with E-state index in [1.165, 1.54) is 5.69 Å². The van der Waals surface area contributed by atoms with Gasteiger partial charge in [-0.2, -0.15) is 5.10 Å². The molecule has 1 N–H and O–H groups in total. The standard InChI is InChI=1S/C12H16N4/c1-3-16(11-7-5-4-6-8-11)9-12-13-10(2)14-15-12/h4-8H,3,9H2,1-2H3,(H,13,14,15). The van der Waals surface area contributed by atoms with E-state index in [-0.39, 0.29) is 0 Å². The van der Waals surface area contributed by atoms with Gasteiger partial charge >= 0.3 is 0 Å². The van der Waals surface area contributed by atoms with E-state index >= 15 is 0 Å². The lowest BCUT2D eigenvalue weighted by Crippen LogP contribution is -2.22. The van der Waals surface area contributed by atoms with Crippen LogP contribution < -0.4 is 4.90 Å². The van der Waals surface area contributed by atoms with Gasteiger partial charge in [0.1, 0.15) is 5.82 Å². The monoisotopic (exact) mass is 216 g/mol. The maximum atomic E-state index is 4.32. The molecule has 4 nitrogen and oxygen atoms in total. The molecule has 0 unspecified atom stereocenters. The Kier molecular flexibility index (Phi) is 3.19. The summed E-state index contributed by atoms with van der Waals surface area (Å²) in [6, 6.07) is 10.3. The van der Waals surface area contributed by atoms with E-state index in [1.54, 1.807) is 0 Å². The molecule has 0 aliphatic carbocycles. The molecule has 4 heteroatoms. The first-order valence-electron chi connectivity index (χ1n) is 5.47. The quantitative estimate of drug-likeness (QED) is 0.851. The van der Waals surface area contributed by atoms with Crippen molar-refractivity contribution in [1.82, 2.24) is 15.2 Å². The second-order valence-electron chi connectivity index (χ2n) is 3.69. The zero-order chi connectivity index (χ0) is 11.4. The van der Waals surface area contributed by atoms with Crippen molar-refractivity contribution in [3.8, 4) is 0 Å². The van der Waals surface area contributed by atoms with Gasteiger partial charge in [0.15, 0.2) is 5.82 Å². The van der Waals surface area contributed by atoms with E-state index < -0.39 is 0 Å². The lowest BCUT2D eigenvalue weighted by atomic mass is 10.3. The van der Waals surface area contributed by atoms with Crippen LogP contribution in [0, 0.1) is 6.92 Å². The van der Waals surface area contributed by atoms with Crippen LogP contribution in [0.2, 0.25) is 0 Å². The summed E-state index contributed by atoms with van der Waals surface area (Å²) >= 11 is 0. The molecule has 2 aromatic rings. The van der Waals surface area contributed by atoms with Crippen LogP contribution in [-0.2, 0) is 6.54 Å². The van der Waals surface area contributed by atoms with E-state index in [0.29, 0.717) is 0 Å². The third-order valence-corrected chi connectivity index (χ3v) is 2.48. The second kappa shape index (κ2) is 4.79. The molecule has 1 aromatic carbocycles. The number of hydrogen-bond donors (Lipinski definition) is 1. The number of rotatable bonds is 4. The fourth-order valence-electron chi connectivity index (χ4n) is 1.65. The minimum atomic E-state index is 0.741. The van der Waals surface area contributed by atoms with Crippen molar-refractivity contribution in [3.63, 3.8) is 0 Å². The fourth-order valence-corrected chi connectivity index (χ4v) is 1.65. The van der Waals surface area contributed by atoms with Crippen LogP contribution in [0.3, 0.4) is 0 Å². The van der Waals surface area contributed by atoms with E-state index in [4.69, 9.17) is 0 Å². The summed E-state index contributed by atoms with van der Waals surface area (Å²) in [7, 11) is 0. The highest BCUT2D eigenvalue weighted by atomic mass is 15.2. The number of aromatic nitrogens is 3. The van der Waals surface area contributed by atoms with Crippen molar-refractivity contribution in [3.05, 3.63) is 42.0 Å². The third-order valence-electron chi connectivity index (χ3n) is 2.48. The van der Waals surface area contributed by atoms with E-state index in [9.17, 15) is 0 Å². The number of aryl methyl sites for hydroxylation is 1. The van der Waals surface area contributed by atoms with Gasteiger partial charge in [0.05, 0.1) is 6.54 Å². The van der Waals surface area contributed by atoms with Gasteiger partial charge in [-0.3, -0.25) is 5.10 Å². The molecule has 0 aliphatic heterocycles. The average Bonchev–Trinajstić information content (AvgIpc) is 2.73. The zero-order valence-corrected chi connectivity index (χ0v) is 9.64. The molecule has 1 aromatic heterocycles. The van der Waals surface area contributed by atoms with Crippen LogP contribution >= 0.6 is 0 Å². The molecule has 0 saturated heterocycles. The Balaban J connectivity index is 2.12. The smallest absolute Gasteiger partial charge is 0.169 e. The maximum absolute atomic E-state index is 4.32. The molecule has 0 spiro atoms. The fraction of sp³-hybridized carbons (Fsp3) is 0.333. The van der Waals surface area contributed by atoms with Gasteiger partial charge in [-0.15, -0.1) is 0 Å². The van der Waals surface area contributed by atoms with E-state index in [0.717, 1.165) is 24.7 Å². The summed E-state index contributed by atoms with van der Waals surface area (Å²) < 4.78 is 0. The summed E-state index contributed by atoms with van der Waals surface area (Å²) in [6.45, 7) is 5.73. The average molecular weight is 216 g/mol. The number of anilines is 1. The number of hydrogen-bond acceptors (Lipinski definition) is 3. The summed E-state index contributed by atoms with van der Waals surface area (Å²) in [4.78, 5) is 6.55. The molecule has 0 saturated carbocycles. The number of nitrogens with zero attached hydrogens (tertiary/aromatic N) is 3. The maximum Gasteiger partial charge on any atom is 0.169 e. The first-order chi connectivity index (χ1) is 7.79. The lowest BCUT2D eigenvalue weighted by molar-refractivity contribution is 0.784. The highest BCUT2D eigenvalue weighted by Gasteiger charge is 2.07. The predicted molar refractivity (Wildman–Crippen MR) is 64.3 cm³/mol. The lowest BCUT2D eigenvalue weighted by Gasteiger charge is -2.21. The Morgan fingerprint density at radius 1 is 1.25 bits per heavy atom.